The Morgan fingerprint density at radius 2 is 2.41 bits per heavy atom. The van der Waals surface area contributed by atoms with Crippen molar-refractivity contribution in [3.05, 3.63) is 12.4 Å². The molecule has 0 aliphatic carbocycles. The summed E-state index contributed by atoms with van der Waals surface area (Å²) < 4.78 is 0. The van der Waals surface area contributed by atoms with Crippen molar-refractivity contribution in [2.24, 2.45) is 0 Å². The van der Waals surface area contributed by atoms with Gasteiger partial charge >= 0.3 is 0 Å². The van der Waals surface area contributed by atoms with Crippen molar-refractivity contribution in [3.63, 3.8) is 0 Å². The Morgan fingerprint density at radius 1 is 1.53 bits per heavy atom. The molecule has 17 heavy (non-hydrogen) atoms. The van der Waals surface area contributed by atoms with E-state index in [1.807, 2.05) is 6.07 Å². The highest BCUT2D eigenvalue weighted by molar-refractivity contribution is 5.48. The molecule has 0 radical (unpaired) electrons. The molecule has 0 spiro atoms. The number of anilines is 2. The van der Waals surface area contributed by atoms with Gasteiger partial charge in [0, 0.05) is 25.7 Å². The van der Waals surface area contributed by atoms with Crippen LogP contribution in [0.15, 0.2) is 12.4 Å². The minimum absolute atomic E-state index is 0.231. The van der Waals surface area contributed by atoms with Gasteiger partial charge < -0.3 is 15.3 Å². The van der Waals surface area contributed by atoms with Gasteiger partial charge in [-0.25, -0.2) is 9.97 Å². The molecule has 1 atom stereocenters. The second-order valence-electron chi connectivity index (χ2n) is 4.43. The maximum atomic E-state index is 9.65. The van der Waals surface area contributed by atoms with Crippen LogP contribution in [-0.4, -0.2) is 40.8 Å². The molecule has 0 amide bonds. The van der Waals surface area contributed by atoms with Crippen LogP contribution >= 0.6 is 0 Å². The van der Waals surface area contributed by atoms with Gasteiger partial charge in [0.25, 0.3) is 0 Å². The van der Waals surface area contributed by atoms with E-state index in [0.29, 0.717) is 6.54 Å². The summed E-state index contributed by atoms with van der Waals surface area (Å²) in [6.45, 7) is 4.67. The van der Waals surface area contributed by atoms with Gasteiger partial charge in [0.15, 0.2) is 0 Å². The third-order valence-corrected chi connectivity index (χ3v) is 2.93. The molecule has 0 bridgehead atoms. The van der Waals surface area contributed by atoms with Crippen LogP contribution in [0.3, 0.4) is 0 Å². The minimum atomic E-state index is -0.231. The smallest absolute Gasteiger partial charge is 0.134 e. The highest BCUT2D eigenvalue weighted by atomic mass is 16.3. The highest BCUT2D eigenvalue weighted by Crippen LogP contribution is 2.19. The predicted octanol–water partition coefficient (Wildman–Crippen LogP) is 1.26. The number of aliphatic hydroxyl groups is 1. The summed E-state index contributed by atoms with van der Waals surface area (Å²) in [4.78, 5) is 10.6. The second kappa shape index (κ2) is 5.82. The van der Waals surface area contributed by atoms with Crippen molar-refractivity contribution in [2.45, 2.75) is 32.3 Å². The van der Waals surface area contributed by atoms with Gasteiger partial charge in [-0.15, -0.1) is 0 Å². The van der Waals surface area contributed by atoms with E-state index in [4.69, 9.17) is 0 Å². The first-order valence-corrected chi connectivity index (χ1v) is 6.28. The molecule has 1 unspecified atom stereocenters. The Hall–Kier alpha value is -1.36. The number of aromatic nitrogens is 2. The van der Waals surface area contributed by atoms with Gasteiger partial charge in [-0.2, -0.15) is 0 Å². The van der Waals surface area contributed by atoms with Gasteiger partial charge in [-0.1, -0.05) is 6.92 Å². The number of β-amino-alcohol motifs (C(OH)–C–C–N with tert-alkyl or cyclic N) is 1. The molecular weight excluding hydrogens is 216 g/mol. The zero-order valence-corrected chi connectivity index (χ0v) is 10.3. The monoisotopic (exact) mass is 236 g/mol. The highest BCUT2D eigenvalue weighted by Gasteiger charge is 2.18. The molecule has 2 rings (SSSR count). The fourth-order valence-corrected chi connectivity index (χ4v) is 2.03. The van der Waals surface area contributed by atoms with E-state index in [-0.39, 0.29) is 6.10 Å². The fourth-order valence-electron chi connectivity index (χ4n) is 2.03. The second-order valence-corrected chi connectivity index (χ2v) is 4.43. The zero-order chi connectivity index (χ0) is 12.1. The van der Waals surface area contributed by atoms with Crippen molar-refractivity contribution < 1.29 is 5.11 Å². The average molecular weight is 236 g/mol. The summed E-state index contributed by atoms with van der Waals surface area (Å²) in [7, 11) is 0. The Morgan fingerprint density at radius 3 is 3.18 bits per heavy atom. The first-order chi connectivity index (χ1) is 8.29. The molecule has 1 aromatic heterocycles. The molecule has 0 aromatic carbocycles. The zero-order valence-electron chi connectivity index (χ0n) is 10.3. The van der Waals surface area contributed by atoms with E-state index >= 15 is 0 Å². The molecule has 2 heterocycles. The van der Waals surface area contributed by atoms with Crippen LogP contribution in [0.5, 0.6) is 0 Å². The number of piperidine rings is 1. The summed E-state index contributed by atoms with van der Waals surface area (Å²) in [6, 6.07) is 1.95. The van der Waals surface area contributed by atoms with Crippen molar-refractivity contribution in [1.29, 1.82) is 0 Å². The quantitative estimate of drug-likeness (QED) is 0.824. The van der Waals surface area contributed by atoms with Crippen LogP contribution in [0.1, 0.15) is 26.2 Å². The third kappa shape index (κ3) is 3.30. The number of nitrogens with zero attached hydrogens (tertiary/aromatic N) is 3. The standard InChI is InChI=1S/C12H20N4O/c1-2-5-13-11-7-12(15-9-14-11)16-6-3-4-10(17)8-16/h7,9-10,17H,2-6,8H2,1H3,(H,13,14,15). The molecule has 1 fully saturated rings. The van der Waals surface area contributed by atoms with Gasteiger partial charge in [0.05, 0.1) is 6.10 Å². The molecule has 2 N–H and O–H groups in total. The van der Waals surface area contributed by atoms with Gasteiger partial charge in [0.2, 0.25) is 0 Å². The van der Waals surface area contributed by atoms with E-state index < -0.39 is 0 Å². The maximum Gasteiger partial charge on any atom is 0.134 e. The van der Waals surface area contributed by atoms with Crippen LogP contribution in [0.25, 0.3) is 0 Å². The molecule has 1 aromatic rings. The summed E-state index contributed by atoms with van der Waals surface area (Å²) in [5.41, 5.74) is 0. The molecular formula is C12H20N4O. The molecule has 5 nitrogen and oxygen atoms in total. The fraction of sp³-hybridized carbons (Fsp3) is 0.667. The lowest BCUT2D eigenvalue weighted by molar-refractivity contribution is 0.154. The number of aliphatic hydroxyl groups excluding tert-OH is 1. The van der Waals surface area contributed by atoms with E-state index in [1.165, 1.54) is 0 Å². The summed E-state index contributed by atoms with van der Waals surface area (Å²) in [6.07, 6.45) is 4.33. The van der Waals surface area contributed by atoms with Crippen LogP contribution in [0, 0.1) is 0 Å². The SMILES string of the molecule is CCCNc1cc(N2CCCC(O)C2)ncn1. The van der Waals surface area contributed by atoms with Crippen LogP contribution in [0.2, 0.25) is 0 Å². The Bertz CT molecular complexity index is 358. The van der Waals surface area contributed by atoms with Crippen molar-refractivity contribution in [2.75, 3.05) is 29.9 Å². The normalized spacial score (nSPS) is 20.4. The number of hydrogen-bond acceptors (Lipinski definition) is 5. The summed E-state index contributed by atoms with van der Waals surface area (Å²) in [5.74, 6) is 1.76. The Kier molecular flexibility index (Phi) is 4.14. The predicted molar refractivity (Wildman–Crippen MR) is 68.3 cm³/mol. The largest absolute Gasteiger partial charge is 0.391 e. The molecule has 94 valence electrons. The molecule has 1 aliphatic heterocycles. The average Bonchev–Trinajstić information content (AvgIpc) is 2.37. The summed E-state index contributed by atoms with van der Waals surface area (Å²) >= 11 is 0. The number of nitrogens with one attached hydrogen (secondary N) is 1. The molecule has 5 heteroatoms. The summed E-state index contributed by atoms with van der Waals surface area (Å²) in [5, 5.41) is 12.9. The number of rotatable bonds is 4. The number of hydrogen-bond donors (Lipinski definition) is 2. The van der Waals surface area contributed by atoms with Crippen LogP contribution in [-0.2, 0) is 0 Å². The van der Waals surface area contributed by atoms with Crippen molar-refractivity contribution >= 4 is 11.6 Å². The Labute approximate surface area is 102 Å². The Balaban J connectivity index is 2.04. The molecule has 0 saturated carbocycles. The van der Waals surface area contributed by atoms with E-state index in [0.717, 1.165) is 44.0 Å². The van der Waals surface area contributed by atoms with Crippen LogP contribution in [0.4, 0.5) is 11.6 Å². The lowest BCUT2D eigenvalue weighted by Crippen LogP contribution is -2.38. The lowest BCUT2D eigenvalue weighted by atomic mass is 10.1. The van der Waals surface area contributed by atoms with Crippen molar-refractivity contribution in [3.8, 4) is 0 Å². The molecule has 1 saturated heterocycles. The first-order valence-electron chi connectivity index (χ1n) is 6.28. The van der Waals surface area contributed by atoms with E-state index in [2.05, 4.69) is 27.1 Å². The van der Waals surface area contributed by atoms with Gasteiger partial charge in [-0.3, -0.25) is 0 Å². The van der Waals surface area contributed by atoms with Gasteiger partial charge in [0.1, 0.15) is 18.0 Å². The van der Waals surface area contributed by atoms with Crippen LogP contribution < -0.4 is 10.2 Å². The minimum Gasteiger partial charge on any atom is -0.391 e. The maximum absolute atomic E-state index is 9.65. The molecule has 1 aliphatic rings. The topological polar surface area (TPSA) is 61.3 Å². The lowest BCUT2D eigenvalue weighted by Gasteiger charge is -2.31. The van der Waals surface area contributed by atoms with Crippen molar-refractivity contribution in [1.82, 2.24) is 9.97 Å². The van der Waals surface area contributed by atoms with E-state index in [9.17, 15) is 5.11 Å². The first kappa shape index (κ1) is 12.1. The third-order valence-electron chi connectivity index (χ3n) is 2.93. The van der Waals surface area contributed by atoms with Gasteiger partial charge in [-0.05, 0) is 19.3 Å². The van der Waals surface area contributed by atoms with E-state index in [1.54, 1.807) is 6.33 Å².